The minimum Gasteiger partial charge on any atom is -0.356 e. The van der Waals surface area contributed by atoms with Crippen molar-refractivity contribution in [2.45, 2.75) is 58.4 Å². The molecular weight excluding hydrogens is 437 g/mol. The Kier molecular flexibility index (Phi) is 8.29. The van der Waals surface area contributed by atoms with Crippen LogP contribution in [0.15, 0.2) is 4.99 Å². The third kappa shape index (κ3) is 7.06. The van der Waals surface area contributed by atoms with Gasteiger partial charge in [0, 0.05) is 31.3 Å². The molecule has 0 atom stereocenters. The lowest BCUT2D eigenvalue weighted by Gasteiger charge is -2.32. The van der Waals surface area contributed by atoms with Crippen LogP contribution in [0.1, 0.15) is 52.4 Å². The molecule has 2 fully saturated rings. The third-order valence-corrected chi connectivity index (χ3v) is 6.57. The maximum absolute atomic E-state index is 11.5. The average molecular weight is 471 g/mol. The molecule has 2 rings (SSSR count). The monoisotopic (exact) mass is 471 g/mol. The van der Waals surface area contributed by atoms with E-state index in [0.717, 1.165) is 30.6 Å². The van der Waals surface area contributed by atoms with Crippen molar-refractivity contribution >= 4 is 39.8 Å². The number of rotatable bonds is 6. The summed E-state index contributed by atoms with van der Waals surface area (Å²) in [5.41, 5.74) is -0.0689. The fourth-order valence-electron chi connectivity index (χ4n) is 3.69. The first kappa shape index (κ1) is 22.0. The van der Waals surface area contributed by atoms with Crippen molar-refractivity contribution in [3.05, 3.63) is 0 Å². The summed E-state index contributed by atoms with van der Waals surface area (Å²) in [6.45, 7) is 5.33. The molecule has 0 heterocycles. The van der Waals surface area contributed by atoms with Crippen molar-refractivity contribution in [3.63, 3.8) is 0 Å². The van der Waals surface area contributed by atoms with Gasteiger partial charge in [-0.3, -0.25) is 4.99 Å². The Morgan fingerprint density at radius 1 is 1.21 bits per heavy atom. The van der Waals surface area contributed by atoms with Crippen LogP contribution in [0.2, 0.25) is 0 Å². The summed E-state index contributed by atoms with van der Waals surface area (Å²) in [5.74, 6) is 2.73. The van der Waals surface area contributed by atoms with Gasteiger partial charge in [0.25, 0.3) is 0 Å². The van der Waals surface area contributed by atoms with Crippen LogP contribution in [0.25, 0.3) is 0 Å². The largest absolute Gasteiger partial charge is 0.356 e. The van der Waals surface area contributed by atoms with Crippen molar-refractivity contribution in [1.29, 1.82) is 0 Å². The summed E-state index contributed by atoms with van der Waals surface area (Å²) in [5, 5.41) is 6.87. The molecule has 2 aliphatic rings. The zero-order valence-electron chi connectivity index (χ0n) is 15.5. The highest BCUT2D eigenvalue weighted by atomic mass is 127. The molecule has 24 heavy (non-hydrogen) atoms. The van der Waals surface area contributed by atoms with Crippen LogP contribution in [-0.2, 0) is 9.84 Å². The van der Waals surface area contributed by atoms with Gasteiger partial charge in [0.15, 0.2) is 5.96 Å². The number of aliphatic imine (C=N–C) groups is 1. The SMILES string of the molecule is CN=C(NCC1(CS(C)(=O)=O)CC1)NC1CCC(C(C)C)CC1.I. The second-order valence-corrected chi connectivity index (χ2v) is 10.1. The van der Waals surface area contributed by atoms with Crippen molar-refractivity contribution < 1.29 is 8.42 Å². The highest BCUT2D eigenvalue weighted by molar-refractivity contribution is 14.0. The van der Waals surface area contributed by atoms with Gasteiger partial charge in [-0.1, -0.05) is 13.8 Å². The van der Waals surface area contributed by atoms with E-state index in [1.54, 1.807) is 7.05 Å². The smallest absolute Gasteiger partial charge is 0.191 e. The van der Waals surface area contributed by atoms with Crippen LogP contribution in [0.5, 0.6) is 0 Å². The predicted octanol–water partition coefficient (Wildman–Crippen LogP) is 2.81. The summed E-state index contributed by atoms with van der Waals surface area (Å²) < 4.78 is 23.1. The summed E-state index contributed by atoms with van der Waals surface area (Å²) in [7, 11) is -1.13. The van der Waals surface area contributed by atoms with Crippen molar-refractivity contribution in [2.24, 2.45) is 22.2 Å². The van der Waals surface area contributed by atoms with Crippen LogP contribution in [0, 0.1) is 17.3 Å². The average Bonchev–Trinajstić information content (AvgIpc) is 3.21. The normalized spacial score (nSPS) is 26.6. The van der Waals surface area contributed by atoms with E-state index in [0.29, 0.717) is 12.6 Å². The first-order valence-electron chi connectivity index (χ1n) is 8.88. The first-order valence-corrected chi connectivity index (χ1v) is 10.9. The number of hydrogen-bond donors (Lipinski definition) is 2. The maximum atomic E-state index is 11.5. The number of guanidine groups is 1. The van der Waals surface area contributed by atoms with E-state index in [9.17, 15) is 8.42 Å². The minimum absolute atomic E-state index is 0. The lowest BCUT2D eigenvalue weighted by Crippen LogP contribution is -2.47. The number of hydrogen-bond acceptors (Lipinski definition) is 3. The van der Waals surface area contributed by atoms with Crippen LogP contribution in [0.3, 0.4) is 0 Å². The van der Waals surface area contributed by atoms with Crippen molar-refractivity contribution in [2.75, 3.05) is 25.6 Å². The molecule has 0 bridgehead atoms. The number of nitrogens with zero attached hydrogens (tertiary/aromatic N) is 1. The quantitative estimate of drug-likeness (QED) is 0.355. The molecule has 0 aromatic rings. The Balaban J connectivity index is 0.00000288. The van der Waals surface area contributed by atoms with Gasteiger partial charge in [-0.05, 0) is 50.4 Å². The van der Waals surface area contributed by atoms with E-state index < -0.39 is 9.84 Å². The van der Waals surface area contributed by atoms with E-state index in [2.05, 4.69) is 29.5 Å². The highest BCUT2D eigenvalue weighted by Crippen LogP contribution is 2.46. The topological polar surface area (TPSA) is 70.6 Å². The van der Waals surface area contributed by atoms with Crippen LogP contribution < -0.4 is 10.6 Å². The number of sulfone groups is 1. The van der Waals surface area contributed by atoms with Crippen molar-refractivity contribution in [1.82, 2.24) is 10.6 Å². The molecule has 0 spiro atoms. The molecule has 5 nitrogen and oxygen atoms in total. The van der Waals surface area contributed by atoms with Gasteiger partial charge in [0.05, 0.1) is 5.75 Å². The van der Waals surface area contributed by atoms with Gasteiger partial charge < -0.3 is 10.6 Å². The summed E-state index contributed by atoms with van der Waals surface area (Å²) in [6, 6.07) is 0.487. The molecule has 2 aliphatic carbocycles. The molecular formula is C17H34IN3O2S. The molecule has 2 saturated carbocycles. The van der Waals surface area contributed by atoms with Gasteiger partial charge in [-0.25, -0.2) is 8.42 Å². The zero-order valence-corrected chi connectivity index (χ0v) is 18.6. The van der Waals surface area contributed by atoms with Crippen molar-refractivity contribution in [3.8, 4) is 0 Å². The van der Waals surface area contributed by atoms with Gasteiger partial charge in [0.2, 0.25) is 0 Å². The summed E-state index contributed by atoms with van der Waals surface area (Å²) in [6.07, 6.45) is 8.26. The Morgan fingerprint density at radius 3 is 2.21 bits per heavy atom. The first-order chi connectivity index (χ1) is 10.7. The highest BCUT2D eigenvalue weighted by Gasteiger charge is 2.45. The molecule has 7 heteroatoms. The Morgan fingerprint density at radius 2 is 1.79 bits per heavy atom. The molecule has 0 amide bonds. The third-order valence-electron chi connectivity index (χ3n) is 5.44. The maximum Gasteiger partial charge on any atom is 0.191 e. The van der Waals surface area contributed by atoms with Crippen LogP contribution in [0.4, 0.5) is 0 Å². The number of halogens is 1. The molecule has 0 unspecified atom stereocenters. The standard InChI is InChI=1S/C17H33N3O2S.HI/c1-13(2)14-5-7-15(8-6-14)20-16(18-3)19-11-17(9-10-17)12-23(4,21)22;/h13-15H,5-12H2,1-4H3,(H2,18,19,20);1H. The van der Waals surface area contributed by atoms with E-state index in [4.69, 9.17) is 0 Å². The lowest BCUT2D eigenvalue weighted by atomic mass is 9.80. The van der Waals surface area contributed by atoms with E-state index >= 15 is 0 Å². The van der Waals surface area contributed by atoms with E-state index in [1.807, 2.05) is 0 Å². The zero-order chi connectivity index (χ0) is 17.1. The summed E-state index contributed by atoms with van der Waals surface area (Å²) >= 11 is 0. The molecule has 0 aromatic carbocycles. The minimum atomic E-state index is -2.92. The Hall–Kier alpha value is -0.0500. The van der Waals surface area contributed by atoms with Gasteiger partial charge in [-0.15, -0.1) is 24.0 Å². The molecule has 2 N–H and O–H groups in total. The fourth-order valence-corrected chi connectivity index (χ4v) is 5.20. The molecule has 0 aromatic heterocycles. The lowest BCUT2D eigenvalue weighted by molar-refractivity contribution is 0.250. The van der Waals surface area contributed by atoms with Gasteiger partial charge in [0.1, 0.15) is 9.84 Å². The van der Waals surface area contributed by atoms with Crippen LogP contribution >= 0.6 is 24.0 Å². The Bertz CT molecular complexity index is 522. The molecule has 142 valence electrons. The number of nitrogens with one attached hydrogen (secondary N) is 2. The van der Waals surface area contributed by atoms with E-state index in [-0.39, 0.29) is 35.1 Å². The second-order valence-electron chi connectivity index (χ2n) is 8.00. The Labute approximate surface area is 164 Å². The van der Waals surface area contributed by atoms with Crippen LogP contribution in [-0.4, -0.2) is 46.0 Å². The predicted molar refractivity (Wildman–Crippen MR) is 112 cm³/mol. The molecule has 0 aliphatic heterocycles. The molecule has 0 radical (unpaired) electrons. The van der Waals surface area contributed by atoms with Gasteiger partial charge >= 0.3 is 0 Å². The van der Waals surface area contributed by atoms with Gasteiger partial charge in [-0.2, -0.15) is 0 Å². The second kappa shape index (κ2) is 9.05. The fraction of sp³-hybridized carbons (Fsp3) is 0.941. The summed E-state index contributed by atoms with van der Waals surface area (Å²) in [4.78, 5) is 4.31. The molecule has 0 saturated heterocycles. The van der Waals surface area contributed by atoms with E-state index in [1.165, 1.54) is 31.9 Å².